The lowest BCUT2D eigenvalue weighted by atomic mass is 10.1. The summed E-state index contributed by atoms with van der Waals surface area (Å²) in [5.74, 6) is 0. The number of anilines is 1. The van der Waals surface area contributed by atoms with Crippen LogP contribution < -0.4 is 5.32 Å². The maximum atomic E-state index is 8.81. The van der Waals surface area contributed by atoms with Crippen molar-refractivity contribution in [2.24, 2.45) is 0 Å². The molecule has 4 nitrogen and oxygen atoms in total. The van der Waals surface area contributed by atoms with Gasteiger partial charge in [0.2, 0.25) is 0 Å². The van der Waals surface area contributed by atoms with Gasteiger partial charge in [-0.05, 0) is 30.3 Å². The van der Waals surface area contributed by atoms with E-state index in [-0.39, 0.29) is 0 Å². The SMILES string of the molecule is N#Cc1ccc(CNc2cccc(-c3ccn[nH]3)c2)s1. The number of nitrogens with zero attached hydrogens (tertiary/aromatic N) is 2. The number of rotatable bonds is 4. The van der Waals surface area contributed by atoms with Crippen LogP contribution in [0.5, 0.6) is 0 Å². The number of nitrogens with one attached hydrogen (secondary N) is 2. The molecule has 0 radical (unpaired) electrons. The molecule has 0 amide bonds. The predicted octanol–water partition coefficient (Wildman–Crippen LogP) is 3.62. The van der Waals surface area contributed by atoms with E-state index in [1.807, 2.05) is 36.4 Å². The average Bonchev–Trinajstić information content (AvgIpc) is 3.17. The summed E-state index contributed by atoms with van der Waals surface area (Å²) < 4.78 is 0. The van der Waals surface area contributed by atoms with Crippen LogP contribution in [0.2, 0.25) is 0 Å². The maximum absolute atomic E-state index is 8.81. The zero-order chi connectivity index (χ0) is 13.8. The minimum absolute atomic E-state index is 0.721. The van der Waals surface area contributed by atoms with Crippen LogP contribution in [-0.4, -0.2) is 10.2 Å². The number of nitriles is 1. The molecule has 0 unspecified atom stereocenters. The average molecular weight is 280 g/mol. The molecule has 0 spiro atoms. The zero-order valence-electron chi connectivity index (χ0n) is 10.6. The molecule has 3 rings (SSSR count). The Hall–Kier alpha value is -2.58. The van der Waals surface area contributed by atoms with Gasteiger partial charge >= 0.3 is 0 Å². The topological polar surface area (TPSA) is 64.5 Å². The number of hydrogen-bond acceptors (Lipinski definition) is 4. The molecule has 98 valence electrons. The Labute approximate surface area is 120 Å². The van der Waals surface area contributed by atoms with Gasteiger partial charge < -0.3 is 5.32 Å². The highest BCUT2D eigenvalue weighted by Crippen LogP contribution is 2.22. The first kappa shape index (κ1) is 12.5. The normalized spacial score (nSPS) is 10.2. The Morgan fingerprint density at radius 2 is 2.20 bits per heavy atom. The molecule has 5 heteroatoms. The third-order valence-corrected chi connectivity index (χ3v) is 3.90. The van der Waals surface area contributed by atoms with Crippen molar-refractivity contribution >= 4 is 17.0 Å². The number of H-pyrrole nitrogens is 1. The summed E-state index contributed by atoms with van der Waals surface area (Å²) in [4.78, 5) is 1.89. The van der Waals surface area contributed by atoms with Crippen LogP contribution in [0.4, 0.5) is 5.69 Å². The molecule has 0 aliphatic heterocycles. The van der Waals surface area contributed by atoms with E-state index in [1.54, 1.807) is 6.20 Å². The van der Waals surface area contributed by atoms with Crippen molar-refractivity contribution in [3.8, 4) is 17.3 Å². The molecule has 3 aromatic rings. The first-order chi connectivity index (χ1) is 9.85. The van der Waals surface area contributed by atoms with Gasteiger partial charge in [-0.15, -0.1) is 11.3 Å². The molecule has 2 heterocycles. The summed E-state index contributed by atoms with van der Waals surface area (Å²) in [6, 6.07) is 16.1. The fraction of sp³-hybridized carbons (Fsp3) is 0.0667. The summed E-state index contributed by atoms with van der Waals surface area (Å²) in [7, 11) is 0. The number of thiophene rings is 1. The van der Waals surface area contributed by atoms with Gasteiger partial charge in [0.1, 0.15) is 10.9 Å². The lowest BCUT2D eigenvalue weighted by Gasteiger charge is -2.06. The molecule has 2 aromatic heterocycles. The van der Waals surface area contributed by atoms with E-state index < -0.39 is 0 Å². The minimum atomic E-state index is 0.721. The van der Waals surface area contributed by atoms with Crippen molar-refractivity contribution in [2.75, 3.05) is 5.32 Å². The molecule has 20 heavy (non-hydrogen) atoms. The van der Waals surface area contributed by atoms with Gasteiger partial charge in [-0.25, -0.2) is 0 Å². The van der Waals surface area contributed by atoms with E-state index in [4.69, 9.17) is 5.26 Å². The third-order valence-electron chi connectivity index (χ3n) is 2.91. The number of hydrogen-bond donors (Lipinski definition) is 2. The lowest BCUT2D eigenvalue weighted by molar-refractivity contribution is 1.09. The molecule has 0 saturated carbocycles. The van der Waals surface area contributed by atoms with E-state index in [0.29, 0.717) is 0 Å². The van der Waals surface area contributed by atoms with Gasteiger partial charge in [0.15, 0.2) is 0 Å². The Morgan fingerprint density at radius 3 is 2.95 bits per heavy atom. The first-order valence-corrected chi connectivity index (χ1v) is 6.99. The van der Waals surface area contributed by atoms with Crippen molar-refractivity contribution in [1.29, 1.82) is 5.26 Å². The smallest absolute Gasteiger partial charge is 0.110 e. The molecule has 2 N–H and O–H groups in total. The van der Waals surface area contributed by atoms with E-state index in [1.165, 1.54) is 11.3 Å². The molecule has 0 fully saturated rings. The Bertz CT molecular complexity index is 737. The molecular weight excluding hydrogens is 268 g/mol. The zero-order valence-corrected chi connectivity index (χ0v) is 11.4. The van der Waals surface area contributed by atoms with Gasteiger partial charge in [-0.2, -0.15) is 10.4 Å². The Balaban J connectivity index is 1.72. The highest BCUT2D eigenvalue weighted by Gasteiger charge is 2.02. The summed E-state index contributed by atoms with van der Waals surface area (Å²) >= 11 is 1.51. The van der Waals surface area contributed by atoms with Crippen molar-refractivity contribution in [2.45, 2.75) is 6.54 Å². The molecule has 0 atom stereocenters. The monoisotopic (exact) mass is 280 g/mol. The third kappa shape index (κ3) is 2.71. The van der Waals surface area contributed by atoms with Gasteiger partial charge in [0.05, 0.1) is 5.69 Å². The van der Waals surface area contributed by atoms with Crippen molar-refractivity contribution in [3.63, 3.8) is 0 Å². The Morgan fingerprint density at radius 1 is 1.25 bits per heavy atom. The second-order valence-corrected chi connectivity index (χ2v) is 5.45. The second kappa shape index (κ2) is 5.59. The van der Waals surface area contributed by atoms with Crippen LogP contribution in [0, 0.1) is 11.3 Å². The number of aromatic nitrogens is 2. The standard InChI is InChI=1S/C15H12N4S/c16-9-13-4-5-14(20-13)10-17-12-3-1-2-11(8-12)15-6-7-18-19-15/h1-8,17H,10H2,(H,18,19). The van der Waals surface area contributed by atoms with Crippen LogP contribution in [-0.2, 0) is 6.54 Å². The molecule has 0 aliphatic carbocycles. The van der Waals surface area contributed by atoms with Gasteiger partial charge in [-0.3, -0.25) is 5.10 Å². The quantitative estimate of drug-likeness (QED) is 0.767. The van der Waals surface area contributed by atoms with E-state index in [2.05, 4.69) is 27.6 Å². The van der Waals surface area contributed by atoms with E-state index >= 15 is 0 Å². The highest BCUT2D eigenvalue weighted by molar-refractivity contribution is 7.12. The van der Waals surface area contributed by atoms with Crippen LogP contribution in [0.1, 0.15) is 9.75 Å². The van der Waals surface area contributed by atoms with Crippen LogP contribution in [0.3, 0.4) is 0 Å². The van der Waals surface area contributed by atoms with Crippen LogP contribution >= 0.6 is 11.3 Å². The summed E-state index contributed by atoms with van der Waals surface area (Å²) in [6.45, 7) is 0.721. The fourth-order valence-electron chi connectivity index (χ4n) is 1.94. The molecule has 0 bridgehead atoms. The largest absolute Gasteiger partial charge is 0.380 e. The first-order valence-electron chi connectivity index (χ1n) is 6.17. The summed E-state index contributed by atoms with van der Waals surface area (Å²) in [5, 5.41) is 19.1. The van der Waals surface area contributed by atoms with Crippen LogP contribution in [0.15, 0.2) is 48.7 Å². The summed E-state index contributed by atoms with van der Waals surface area (Å²) in [5.41, 5.74) is 3.14. The molecule has 0 aliphatic rings. The predicted molar refractivity (Wildman–Crippen MR) is 80.4 cm³/mol. The van der Waals surface area contributed by atoms with Gasteiger partial charge in [-0.1, -0.05) is 12.1 Å². The highest BCUT2D eigenvalue weighted by atomic mass is 32.1. The fourth-order valence-corrected chi connectivity index (χ4v) is 2.68. The number of benzene rings is 1. The summed E-state index contributed by atoms with van der Waals surface area (Å²) in [6.07, 6.45) is 1.74. The maximum Gasteiger partial charge on any atom is 0.110 e. The van der Waals surface area contributed by atoms with Gasteiger partial charge in [0.25, 0.3) is 0 Å². The second-order valence-electron chi connectivity index (χ2n) is 4.28. The van der Waals surface area contributed by atoms with Gasteiger partial charge in [0, 0.05) is 28.9 Å². The van der Waals surface area contributed by atoms with Crippen molar-refractivity contribution in [1.82, 2.24) is 10.2 Å². The van der Waals surface area contributed by atoms with Crippen LogP contribution in [0.25, 0.3) is 11.3 Å². The number of aromatic amines is 1. The lowest BCUT2D eigenvalue weighted by Crippen LogP contribution is -1.97. The van der Waals surface area contributed by atoms with Crippen molar-refractivity contribution < 1.29 is 0 Å². The van der Waals surface area contributed by atoms with E-state index in [0.717, 1.165) is 33.2 Å². The van der Waals surface area contributed by atoms with Crippen molar-refractivity contribution in [3.05, 3.63) is 58.4 Å². The minimum Gasteiger partial charge on any atom is -0.380 e. The Kier molecular flexibility index (Phi) is 3.48. The molecular formula is C15H12N4S. The molecule has 0 saturated heterocycles. The van der Waals surface area contributed by atoms with E-state index in [9.17, 15) is 0 Å². The molecule has 1 aromatic carbocycles.